The summed E-state index contributed by atoms with van der Waals surface area (Å²) in [6.45, 7) is 0. The lowest BCUT2D eigenvalue weighted by Gasteiger charge is -1.96. The van der Waals surface area contributed by atoms with Crippen molar-refractivity contribution < 1.29 is 9.72 Å². The number of rotatable bonds is 6. The number of nitrogens with zero attached hydrogens (tertiary/aromatic N) is 3. The van der Waals surface area contributed by atoms with Gasteiger partial charge in [0.1, 0.15) is 5.69 Å². The van der Waals surface area contributed by atoms with Gasteiger partial charge in [-0.05, 0) is 17.7 Å². The van der Waals surface area contributed by atoms with Gasteiger partial charge in [-0.2, -0.15) is 10.2 Å². The van der Waals surface area contributed by atoms with Gasteiger partial charge in [0.25, 0.3) is 11.6 Å². The highest BCUT2D eigenvalue weighted by Crippen LogP contribution is 2.22. The second kappa shape index (κ2) is 8.34. The Bertz CT molecular complexity index is 1010. The van der Waals surface area contributed by atoms with Crippen LogP contribution in [-0.4, -0.2) is 27.2 Å². The normalized spacial score (nSPS) is 11.1. The summed E-state index contributed by atoms with van der Waals surface area (Å²) in [7, 11) is 0. The second-order valence-electron chi connectivity index (χ2n) is 5.46. The molecule has 3 aromatic rings. The zero-order valence-corrected chi connectivity index (χ0v) is 14.1. The Hall–Kier alpha value is -4.07. The molecule has 0 spiro atoms. The summed E-state index contributed by atoms with van der Waals surface area (Å²) in [6.07, 6.45) is 5.02. The molecule has 0 fully saturated rings. The summed E-state index contributed by atoms with van der Waals surface area (Å²) in [5.74, 6) is -0.469. The molecule has 0 aliphatic rings. The molecule has 2 N–H and O–H groups in total. The highest BCUT2D eigenvalue weighted by molar-refractivity contribution is 5.94. The van der Waals surface area contributed by atoms with E-state index in [1.807, 2.05) is 36.4 Å². The first-order valence-electron chi connectivity index (χ1n) is 7.99. The molecule has 0 aliphatic heterocycles. The number of hydrogen-bond acceptors (Lipinski definition) is 5. The van der Waals surface area contributed by atoms with Crippen LogP contribution in [0.25, 0.3) is 17.3 Å². The number of aromatic nitrogens is 2. The molecule has 134 valence electrons. The molecule has 0 unspecified atom stereocenters. The first-order chi connectivity index (χ1) is 13.1. The molecule has 8 heteroatoms. The number of nitrogens with one attached hydrogen (secondary N) is 2. The number of nitro groups is 1. The number of carbonyl (C=O) groups is 1. The number of hydrazone groups is 1. The van der Waals surface area contributed by atoms with Crippen LogP contribution in [0.5, 0.6) is 0 Å². The molecule has 0 bridgehead atoms. The largest absolute Gasteiger partial charge is 0.289 e. The van der Waals surface area contributed by atoms with Gasteiger partial charge < -0.3 is 0 Å². The number of nitro benzene ring substituents is 1. The average molecular weight is 361 g/mol. The van der Waals surface area contributed by atoms with E-state index in [9.17, 15) is 14.9 Å². The van der Waals surface area contributed by atoms with E-state index >= 15 is 0 Å². The molecule has 0 saturated carbocycles. The summed E-state index contributed by atoms with van der Waals surface area (Å²) < 4.78 is 0. The molecule has 0 aliphatic carbocycles. The third kappa shape index (κ3) is 4.73. The third-order valence-corrected chi connectivity index (χ3v) is 3.59. The van der Waals surface area contributed by atoms with Crippen LogP contribution in [-0.2, 0) is 0 Å². The first kappa shape index (κ1) is 17.7. The number of non-ortho nitro benzene ring substituents is 1. The third-order valence-electron chi connectivity index (χ3n) is 3.59. The van der Waals surface area contributed by atoms with Crippen LogP contribution in [0.4, 0.5) is 5.69 Å². The minimum absolute atomic E-state index is 0.0451. The predicted molar refractivity (Wildman–Crippen MR) is 102 cm³/mol. The molecular formula is C19H15N5O3. The zero-order valence-electron chi connectivity index (χ0n) is 14.1. The Morgan fingerprint density at radius 1 is 1.15 bits per heavy atom. The maximum Gasteiger partial charge on any atom is 0.289 e. The average Bonchev–Trinajstić information content (AvgIpc) is 3.19. The molecule has 2 aromatic carbocycles. The van der Waals surface area contributed by atoms with Crippen molar-refractivity contribution in [3.05, 3.63) is 88.1 Å². The van der Waals surface area contributed by atoms with Crippen LogP contribution in [0.15, 0.2) is 71.8 Å². The number of benzene rings is 2. The first-order valence-corrected chi connectivity index (χ1v) is 7.99. The van der Waals surface area contributed by atoms with Crippen molar-refractivity contribution in [2.45, 2.75) is 0 Å². The van der Waals surface area contributed by atoms with Crippen LogP contribution < -0.4 is 5.43 Å². The van der Waals surface area contributed by atoms with Crippen molar-refractivity contribution >= 4 is 23.9 Å². The standard InChI is InChI=1S/C19H15N5O3/c25-19(23-20-11-5-8-14-6-2-1-3-7-14)18-13-17(21-22-18)15-9-4-10-16(12-15)24(26)27/h1-13H,(H,21,22)(H,23,25). The van der Waals surface area contributed by atoms with E-state index in [2.05, 4.69) is 20.7 Å². The number of aromatic amines is 1. The van der Waals surface area contributed by atoms with E-state index in [4.69, 9.17) is 0 Å². The predicted octanol–water partition coefficient (Wildman–Crippen LogP) is 3.41. The van der Waals surface area contributed by atoms with Crippen LogP contribution in [0.1, 0.15) is 16.1 Å². The fraction of sp³-hybridized carbons (Fsp3) is 0. The summed E-state index contributed by atoms with van der Waals surface area (Å²) >= 11 is 0. The van der Waals surface area contributed by atoms with Gasteiger partial charge in [-0.1, -0.05) is 48.5 Å². The Morgan fingerprint density at radius 3 is 2.74 bits per heavy atom. The van der Waals surface area contributed by atoms with Crippen molar-refractivity contribution in [2.75, 3.05) is 0 Å². The Kier molecular flexibility index (Phi) is 5.48. The number of amides is 1. The summed E-state index contributed by atoms with van der Waals surface area (Å²) in [5.41, 5.74) is 4.51. The van der Waals surface area contributed by atoms with Crippen molar-refractivity contribution in [3.63, 3.8) is 0 Å². The van der Waals surface area contributed by atoms with Gasteiger partial charge in [-0.3, -0.25) is 20.0 Å². The highest BCUT2D eigenvalue weighted by Gasteiger charge is 2.12. The maximum absolute atomic E-state index is 12.1. The number of allylic oxidation sites excluding steroid dienone is 1. The monoisotopic (exact) mass is 361 g/mol. The minimum Gasteiger partial charge on any atom is -0.272 e. The van der Waals surface area contributed by atoms with E-state index in [0.29, 0.717) is 11.3 Å². The van der Waals surface area contributed by atoms with E-state index < -0.39 is 10.8 Å². The van der Waals surface area contributed by atoms with Gasteiger partial charge >= 0.3 is 0 Å². The van der Waals surface area contributed by atoms with E-state index in [-0.39, 0.29) is 11.4 Å². The topological polar surface area (TPSA) is 113 Å². The maximum atomic E-state index is 12.1. The summed E-state index contributed by atoms with van der Waals surface area (Å²) in [6, 6.07) is 17.2. The zero-order chi connectivity index (χ0) is 19.1. The fourth-order valence-corrected chi connectivity index (χ4v) is 2.28. The molecule has 27 heavy (non-hydrogen) atoms. The van der Waals surface area contributed by atoms with Crippen molar-refractivity contribution in [3.8, 4) is 11.3 Å². The van der Waals surface area contributed by atoms with E-state index in [0.717, 1.165) is 5.56 Å². The smallest absolute Gasteiger partial charge is 0.272 e. The lowest BCUT2D eigenvalue weighted by molar-refractivity contribution is -0.384. The van der Waals surface area contributed by atoms with Gasteiger partial charge in [0.15, 0.2) is 0 Å². The van der Waals surface area contributed by atoms with Crippen molar-refractivity contribution in [2.24, 2.45) is 5.10 Å². The van der Waals surface area contributed by atoms with Crippen molar-refractivity contribution in [1.82, 2.24) is 15.6 Å². The van der Waals surface area contributed by atoms with Crippen LogP contribution in [0, 0.1) is 10.1 Å². The molecule has 8 nitrogen and oxygen atoms in total. The molecule has 1 aromatic heterocycles. The Morgan fingerprint density at radius 2 is 1.96 bits per heavy atom. The number of H-pyrrole nitrogens is 1. The van der Waals surface area contributed by atoms with Crippen molar-refractivity contribution in [1.29, 1.82) is 0 Å². The molecule has 0 saturated heterocycles. The molecule has 0 radical (unpaired) electrons. The van der Waals surface area contributed by atoms with E-state index in [1.54, 1.807) is 18.2 Å². The van der Waals surface area contributed by atoms with Crippen LogP contribution >= 0.6 is 0 Å². The number of carbonyl (C=O) groups excluding carboxylic acids is 1. The fourth-order valence-electron chi connectivity index (χ4n) is 2.28. The SMILES string of the molecule is O=C(NN=CC=Cc1ccccc1)c1cc(-c2cccc([N+](=O)[O-])c2)n[nH]1. The quantitative estimate of drug-likeness (QED) is 0.398. The van der Waals surface area contributed by atoms with Gasteiger partial charge in [-0.15, -0.1) is 0 Å². The second-order valence-corrected chi connectivity index (χ2v) is 5.46. The molecule has 0 atom stereocenters. The van der Waals surface area contributed by atoms with Gasteiger partial charge in [0.05, 0.1) is 10.6 Å². The van der Waals surface area contributed by atoms with Gasteiger partial charge in [0.2, 0.25) is 0 Å². The Labute approximate surface area is 154 Å². The summed E-state index contributed by atoms with van der Waals surface area (Å²) in [5, 5.41) is 21.3. The van der Waals surface area contributed by atoms with Crippen LogP contribution in [0.2, 0.25) is 0 Å². The molecule has 3 rings (SSSR count). The Balaban J connectivity index is 1.62. The van der Waals surface area contributed by atoms with Gasteiger partial charge in [0, 0.05) is 23.9 Å². The molecular weight excluding hydrogens is 346 g/mol. The highest BCUT2D eigenvalue weighted by atomic mass is 16.6. The van der Waals surface area contributed by atoms with Crippen LogP contribution in [0.3, 0.4) is 0 Å². The molecule has 1 heterocycles. The minimum atomic E-state index is -0.485. The summed E-state index contributed by atoms with van der Waals surface area (Å²) in [4.78, 5) is 22.4. The van der Waals surface area contributed by atoms with E-state index in [1.165, 1.54) is 24.4 Å². The number of hydrogen-bond donors (Lipinski definition) is 2. The molecule has 1 amide bonds. The lowest BCUT2D eigenvalue weighted by Crippen LogP contribution is -2.17. The lowest BCUT2D eigenvalue weighted by atomic mass is 10.1. The van der Waals surface area contributed by atoms with Gasteiger partial charge in [-0.25, -0.2) is 5.43 Å².